The van der Waals surface area contributed by atoms with Crippen molar-refractivity contribution in [1.29, 1.82) is 0 Å². The average molecular weight is 176 g/mol. The molecule has 0 aromatic rings. The Bertz CT molecular complexity index is 300. The van der Waals surface area contributed by atoms with Gasteiger partial charge in [-0.2, -0.15) is 0 Å². The topological polar surface area (TPSA) is 0 Å². The normalized spacial score (nSPS) is 40.1. The van der Waals surface area contributed by atoms with Crippen molar-refractivity contribution >= 4 is 0 Å². The van der Waals surface area contributed by atoms with Crippen molar-refractivity contribution in [3.63, 3.8) is 0 Å². The zero-order chi connectivity index (χ0) is 9.85. The summed E-state index contributed by atoms with van der Waals surface area (Å²) in [7, 11) is 0. The van der Waals surface area contributed by atoms with E-state index in [1.807, 2.05) is 0 Å². The highest BCUT2D eigenvalue weighted by Crippen LogP contribution is 2.64. The summed E-state index contributed by atoms with van der Waals surface area (Å²) in [4.78, 5) is 0. The first kappa shape index (κ1) is 9.05. The molecule has 2 bridgehead atoms. The summed E-state index contributed by atoms with van der Waals surface area (Å²) in [6, 6.07) is 0. The van der Waals surface area contributed by atoms with Gasteiger partial charge in [-0.25, -0.2) is 0 Å². The zero-order valence-electron chi connectivity index (χ0n) is 9.44. The van der Waals surface area contributed by atoms with Crippen molar-refractivity contribution in [3.05, 3.63) is 23.3 Å². The van der Waals surface area contributed by atoms with Gasteiger partial charge in [-0.15, -0.1) is 0 Å². The molecule has 0 aliphatic heterocycles. The first-order valence-corrected chi connectivity index (χ1v) is 5.24. The Labute approximate surface area is 81.7 Å². The van der Waals surface area contributed by atoms with Gasteiger partial charge >= 0.3 is 0 Å². The van der Waals surface area contributed by atoms with Crippen LogP contribution in [0.5, 0.6) is 0 Å². The van der Waals surface area contributed by atoms with E-state index in [0.717, 1.165) is 0 Å². The van der Waals surface area contributed by atoms with Gasteiger partial charge in [0.2, 0.25) is 0 Å². The van der Waals surface area contributed by atoms with E-state index in [0.29, 0.717) is 16.7 Å². The van der Waals surface area contributed by atoms with Crippen LogP contribution in [0, 0.1) is 16.7 Å². The molecule has 2 unspecified atom stereocenters. The zero-order valence-corrected chi connectivity index (χ0v) is 9.44. The number of rotatable bonds is 0. The van der Waals surface area contributed by atoms with Crippen LogP contribution in [0.25, 0.3) is 0 Å². The van der Waals surface area contributed by atoms with Gasteiger partial charge < -0.3 is 0 Å². The van der Waals surface area contributed by atoms with Crippen LogP contribution in [0.4, 0.5) is 0 Å². The predicted molar refractivity (Wildman–Crippen MR) is 57.5 cm³/mol. The van der Waals surface area contributed by atoms with Crippen molar-refractivity contribution in [1.82, 2.24) is 0 Å². The fourth-order valence-electron chi connectivity index (χ4n) is 2.95. The summed E-state index contributed by atoms with van der Waals surface area (Å²) >= 11 is 0. The summed E-state index contributed by atoms with van der Waals surface area (Å²) < 4.78 is 0. The van der Waals surface area contributed by atoms with Crippen LogP contribution < -0.4 is 0 Å². The van der Waals surface area contributed by atoms with E-state index in [4.69, 9.17) is 0 Å². The number of allylic oxidation sites excluding steroid dienone is 4. The molecule has 0 radical (unpaired) electrons. The summed E-state index contributed by atoms with van der Waals surface area (Å²) in [5.41, 5.74) is 4.09. The number of hydrogen-bond donors (Lipinski definition) is 0. The molecule has 2 rings (SSSR count). The van der Waals surface area contributed by atoms with Gasteiger partial charge in [0.15, 0.2) is 0 Å². The first-order chi connectivity index (χ1) is 5.88. The second-order valence-electron chi connectivity index (χ2n) is 5.68. The molecule has 0 aromatic heterocycles. The van der Waals surface area contributed by atoms with E-state index in [9.17, 15) is 0 Å². The summed E-state index contributed by atoms with van der Waals surface area (Å²) in [5.74, 6) is 0.711. The molecule has 0 heteroatoms. The molecule has 0 heterocycles. The minimum Gasteiger partial charge on any atom is -0.0811 e. The van der Waals surface area contributed by atoms with Crippen LogP contribution >= 0.6 is 0 Å². The molecule has 72 valence electrons. The van der Waals surface area contributed by atoms with Crippen molar-refractivity contribution in [3.8, 4) is 0 Å². The Hall–Kier alpha value is -0.520. The van der Waals surface area contributed by atoms with E-state index >= 15 is 0 Å². The van der Waals surface area contributed by atoms with E-state index in [1.54, 1.807) is 5.57 Å². The van der Waals surface area contributed by atoms with Gasteiger partial charge in [0.1, 0.15) is 0 Å². The van der Waals surface area contributed by atoms with Crippen molar-refractivity contribution in [2.24, 2.45) is 16.7 Å². The molecule has 1 saturated carbocycles. The number of fused-ring (bicyclic) bond motifs is 2. The van der Waals surface area contributed by atoms with Crippen LogP contribution in [0.3, 0.4) is 0 Å². The van der Waals surface area contributed by atoms with E-state index < -0.39 is 0 Å². The molecular formula is C13H20. The lowest BCUT2D eigenvalue weighted by Gasteiger charge is -2.33. The van der Waals surface area contributed by atoms with Gasteiger partial charge in [0.05, 0.1) is 0 Å². The standard InChI is InChI=1S/C13H20/c1-9(2)10-8-13(5)7-6-11(10)12(13,3)4/h6-7,11H,8H2,1-5H3. The second-order valence-corrected chi connectivity index (χ2v) is 5.68. The van der Waals surface area contributed by atoms with Crippen LogP contribution in [0.15, 0.2) is 23.3 Å². The maximum atomic E-state index is 2.43. The Kier molecular flexibility index (Phi) is 1.59. The van der Waals surface area contributed by atoms with E-state index in [1.165, 1.54) is 12.0 Å². The fourth-order valence-corrected chi connectivity index (χ4v) is 2.95. The average Bonchev–Trinajstić information content (AvgIpc) is 2.34. The molecule has 0 spiro atoms. The molecule has 2 aliphatic carbocycles. The van der Waals surface area contributed by atoms with E-state index in [-0.39, 0.29) is 0 Å². The van der Waals surface area contributed by atoms with Gasteiger partial charge in [-0.1, -0.05) is 44.1 Å². The second kappa shape index (κ2) is 2.29. The molecule has 0 aromatic carbocycles. The molecule has 13 heavy (non-hydrogen) atoms. The molecule has 0 N–H and O–H groups in total. The monoisotopic (exact) mass is 176 g/mol. The number of hydrogen-bond acceptors (Lipinski definition) is 0. The van der Waals surface area contributed by atoms with Gasteiger partial charge in [0, 0.05) is 5.92 Å². The van der Waals surface area contributed by atoms with E-state index in [2.05, 4.69) is 46.8 Å². The molecule has 0 nitrogen and oxygen atoms in total. The quantitative estimate of drug-likeness (QED) is 0.490. The third-order valence-electron chi connectivity index (χ3n) is 4.48. The summed E-state index contributed by atoms with van der Waals surface area (Å²) in [5, 5.41) is 0. The van der Waals surface area contributed by atoms with Crippen LogP contribution in [0.1, 0.15) is 41.0 Å². The summed E-state index contributed by atoms with van der Waals surface area (Å²) in [6.45, 7) is 11.7. The lowest BCUT2D eigenvalue weighted by molar-refractivity contribution is 0.183. The van der Waals surface area contributed by atoms with Crippen molar-refractivity contribution in [2.75, 3.05) is 0 Å². The molecule has 0 saturated heterocycles. The summed E-state index contributed by atoms with van der Waals surface area (Å²) in [6.07, 6.45) is 6.14. The van der Waals surface area contributed by atoms with Gasteiger partial charge in [-0.3, -0.25) is 0 Å². The molecule has 2 aliphatic rings. The predicted octanol–water partition coefficient (Wildman–Crippen LogP) is 3.95. The maximum absolute atomic E-state index is 2.43. The van der Waals surface area contributed by atoms with Crippen molar-refractivity contribution < 1.29 is 0 Å². The van der Waals surface area contributed by atoms with Crippen LogP contribution in [-0.4, -0.2) is 0 Å². The fraction of sp³-hybridized carbons (Fsp3) is 0.692. The maximum Gasteiger partial charge on any atom is 0.00393 e. The van der Waals surface area contributed by atoms with Gasteiger partial charge in [-0.05, 0) is 31.1 Å². The third-order valence-corrected chi connectivity index (χ3v) is 4.48. The van der Waals surface area contributed by atoms with Crippen LogP contribution in [0.2, 0.25) is 0 Å². The highest BCUT2D eigenvalue weighted by atomic mass is 14.6. The lowest BCUT2D eigenvalue weighted by Crippen LogP contribution is -2.27. The largest absolute Gasteiger partial charge is 0.0811 e. The third kappa shape index (κ3) is 0.920. The highest BCUT2D eigenvalue weighted by molar-refractivity contribution is 5.38. The molecular weight excluding hydrogens is 156 g/mol. The Morgan fingerprint density at radius 3 is 2.15 bits per heavy atom. The molecule has 0 amide bonds. The SMILES string of the molecule is CC(C)=C1CC2(C)C=CC1C2(C)C. The molecule has 1 fully saturated rings. The smallest absolute Gasteiger partial charge is 0.00393 e. The lowest BCUT2D eigenvalue weighted by atomic mass is 9.70. The van der Waals surface area contributed by atoms with Gasteiger partial charge in [0.25, 0.3) is 0 Å². The molecule has 2 atom stereocenters. The van der Waals surface area contributed by atoms with Crippen molar-refractivity contribution in [2.45, 2.75) is 41.0 Å². The minimum absolute atomic E-state index is 0.421. The Morgan fingerprint density at radius 2 is 1.92 bits per heavy atom. The Balaban J connectivity index is 2.52. The first-order valence-electron chi connectivity index (χ1n) is 5.24. The highest BCUT2D eigenvalue weighted by Gasteiger charge is 2.55. The Morgan fingerprint density at radius 1 is 1.31 bits per heavy atom. The minimum atomic E-state index is 0.421. The van der Waals surface area contributed by atoms with Crippen LogP contribution in [-0.2, 0) is 0 Å².